The van der Waals surface area contributed by atoms with Gasteiger partial charge >= 0.3 is 0 Å². The van der Waals surface area contributed by atoms with E-state index in [-0.39, 0.29) is 11.6 Å². The number of hydrogen-bond acceptors (Lipinski definition) is 6. The van der Waals surface area contributed by atoms with Gasteiger partial charge in [0, 0.05) is 30.4 Å². The number of benzene rings is 2. The zero-order valence-corrected chi connectivity index (χ0v) is 19.2. The topological polar surface area (TPSA) is 82.1 Å². The van der Waals surface area contributed by atoms with Crippen LogP contribution in [0.1, 0.15) is 25.3 Å². The number of nitrogens with zero attached hydrogens (tertiary/aromatic N) is 5. The lowest BCUT2D eigenvalue weighted by Crippen LogP contribution is -2.55. The van der Waals surface area contributed by atoms with Gasteiger partial charge in [0.2, 0.25) is 5.88 Å². The lowest BCUT2D eigenvalue weighted by atomic mass is 10.1. The second kappa shape index (κ2) is 7.71. The smallest absolute Gasteiger partial charge is 0.245 e. The van der Waals surface area contributed by atoms with Gasteiger partial charge in [-0.25, -0.2) is 9.97 Å². The van der Waals surface area contributed by atoms with Gasteiger partial charge in [0.15, 0.2) is 11.2 Å². The number of rotatable bonds is 6. The van der Waals surface area contributed by atoms with Crippen LogP contribution in [0.15, 0.2) is 54.9 Å². The normalized spacial score (nSPS) is 17.2. The van der Waals surface area contributed by atoms with Crippen molar-refractivity contribution in [2.45, 2.75) is 38.0 Å². The molecule has 0 spiro atoms. The Morgan fingerprint density at radius 1 is 1.12 bits per heavy atom. The van der Waals surface area contributed by atoms with Crippen LogP contribution in [0.25, 0.3) is 22.6 Å². The summed E-state index contributed by atoms with van der Waals surface area (Å²) in [5.41, 5.74) is 10.2. The molecule has 4 aromatic rings. The summed E-state index contributed by atoms with van der Waals surface area (Å²) in [7, 11) is 0. The van der Waals surface area contributed by atoms with Crippen LogP contribution in [0.4, 0.5) is 5.69 Å². The van der Waals surface area contributed by atoms with E-state index in [1.165, 1.54) is 0 Å². The minimum Gasteiger partial charge on any atom is -0.470 e. The summed E-state index contributed by atoms with van der Waals surface area (Å²) in [5.74, 6) is 1.27. The van der Waals surface area contributed by atoms with Crippen LogP contribution >= 0.6 is 11.6 Å². The fraction of sp³-hybridized carbons (Fsp3) is 0.320. The lowest BCUT2D eigenvalue weighted by Gasteiger charge is -2.39. The lowest BCUT2D eigenvalue weighted by molar-refractivity contribution is 0.194. The number of anilines is 1. The first-order valence-electron chi connectivity index (χ1n) is 11.2. The second-order valence-corrected chi connectivity index (χ2v) is 9.65. The van der Waals surface area contributed by atoms with Gasteiger partial charge in [0.25, 0.3) is 0 Å². The molecule has 2 N–H and O–H groups in total. The highest BCUT2D eigenvalue weighted by Crippen LogP contribution is 2.41. The Balaban J connectivity index is 1.47. The Morgan fingerprint density at radius 2 is 1.91 bits per heavy atom. The maximum absolute atomic E-state index is 6.81. The Morgan fingerprint density at radius 3 is 2.61 bits per heavy atom. The van der Waals surface area contributed by atoms with Crippen molar-refractivity contribution in [3.63, 3.8) is 0 Å². The molecule has 0 bridgehead atoms. The molecule has 0 atom stereocenters. The van der Waals surface area contributed by atoms with E-state index < -0.39 is 0 Å². The first-order valence-corrected chi connectivity index (χ1v) is 11.6. The van der Waals surface area contributed by atoms with Crippen molar-refractivity contribution >= 4 is 28.5 Å². The van der Waals surface area contributed by atoms with Crippen LogP contribution in [0.2, 0.25) is 5.02 Å². The Hall–Kier alpha value is -3.16. The predicted octanol–water partition coefficient (Wildman–Crippen LogP) is 4.27. The van der Waals surface area contributed by atoms with E-state index in [9.17, 15) is 0 Å². The number of fused-ring (bicyclic) bond motifs is 1. The number of aromatic nitrogens is 4. The molecule has 2 aliphatic rings. The van der Waals surface area contributed by atoms with Crippen LogP contribution in [0, 0.1) is 0 Å². The zero-order valence-electron chi connectivity index (χ0n) is 18.4. The van der Waals surface area contributed by atoms with Crippen molar-refractivity contribution in [1.82, 2.24) is 19.5 Å². The fourth-order valence-electron chi connectivity index (χ4n) is 4.23. The van der Waals surface area contributed by atoms with Gasteiger partial charge < -0.3 is 19.9 Å². The highest BCUT2D eigenvalue weighted by atomic mass is 35.5. The quantitative estimate of drug-likeness (QED) is 0.462. The third-order valence-corrected chi connectivity index (χ3v) is 6.76. The van der Waals surface area contributed by atoms with E-state index >= 15 is 0 Å². The van der Waals surface area contributed by atoms with Crippen molar-refractivity contribution in [1.29, 1.82) is 0 Å². The summed E-state index contributed by atoms with van der Waals surface area (Å²) in [4.78, 5) is 16.2. The zero-order chi connectivity index (χ0) is 22.6. The average molecular weight is 461 g/mol. The molecule has 2 fully saturated rings. The molecule has 1 saturated carbocycles. The molecule has 1 saturated heterocycles. The molecule has 168 valence electrons. The molecule has 1 aliphatic heterocycles. The highest BCUT2D eigenvalue weighted by Gasteiger charge is 2.41. The predicted molar refractivity (Wildman–Crippen MR) is 130 cm³/mol. The number of ether oxygens (including phenoxy) is 1. The molecule has 1 aliphatic carbocycles. The minimum atomic E-state index is -0.165. The average Bonchev–Trinajstić information content (AvgIpc) is 3.41. The maximum atomic E-state index is 6.81. The first-order chi connectivity index (χ1) is 16.0. The SMILES string of the molecule is CC1(Oc2ncnc3c2nc(-c2ccc(N4CC(N)C4)cc2Cl)n3Cc2ccccc2)CC1. The van der Waals surface area contributed by atoms with Crippen LogP contribution in [-0.4, -0.2) is 44.3 Å². The third-order valence-electron chi connectivity index (χ3n) is 6.45. The van der Waals surface area contributed by atoms with Crippen molar-refractivity contribution < 1.29 is 4.74 Å². The van der Waals surface area contributed by atoms with Crippen LogP contribution in [0.5, 0.6) is 5.88 Å². The molecule has 0 amide bonds. The summed E-state index contributed by atoms with van der Waals surface area (Å²) < 4.78 is 8.31. The van der Waals surface area contributed by atoms with Crippen molar-refractivity contribution in [3.05, 3.63) is 65.4 Å². The molecule has 33 heavy (non-hydrogen) atoms. The van der Waals surface area contributed by atoms with Crippen molar-refractivity contribution in [3.8, 4) is 17.3 Å². The monoisotopic (exact) mass is 460 g/mol. The molecule has 0 unspecified atom stereocenters. The maximum Gasteiger partial charge on any atom is 0.245 e. The number of halogens is 1. The Bertz CT molecular complexity index is 1330. The standard InChI is InChI=1S/C25H25ClN6O/c1-25(9-10-25)33-24-21-23(28-15-29-24)32(12-16-5-3-2-4-6-16)22(30-21)19-8-7-18(11-20(19)26)31-13-17(27)14-31/h2-8,11,15,17H,9-10,12-14,27H2,1H3. The van der Waals surface area contributed by atoms with E-state index in [1.54, 1.807) is 6.33 Å². The largest absolute Gasteiger partial charge is 0.470 e. The molecule has 2 aromatic carbocycles. The van der Waals surface area contributed by atoms with Gasteiger partial charge in [-0.2, -0.15) is 4.98 Å². The molecule has 2 aromatic heterocycles. The van der Waals surface area contributed by atoms with Crippen molar-refractivity contribution in [2.24, 2.45) is 5.73 Å². The summed E-state index contributed by atoms with van der Waals surface area (Å²) in [6, 6.07) is 16.6. The van der Waals surface area contributed by atoms with Crippen molar-refractivity contribution in [2.75, 3.05) is 18.0 Å². The number of imidazole rings is 1. The van der Waals surface area contributed by atoms with Crippen LogP contribution < -0.4 is 15.4 Å². The molecule has 0 radical (unpaired) electrons. The highest BCUT2D eigenvalue weighted by molar-refractivity contribution is 6.33. The molecule has 6 rings (SSSR count). The molecule has 3 heterocycles. The van der Waals surface area contributed by atoms with Gasteiger partial charge in [-0.3, -0.25) is 0 Å². The third kappa shape index (κ3) is 3.81. The summed E-state index contributed by atoms with van der Waals surface area (Å²) in [6.07, 6.45) is 3.58. The summed E-state index contributed by atoms with van der Waals surface area (Å²) in [5, 5.41) is 0.641. The molecule has 7 nitrogen and oxygen atoms in total. The van der Waals surface area contributed by atoms with Crippen LogP contribution in [0.3, 0.4) is 0 Å². The van der Waals surface area contributed by atoms with Gasteiger partial charge in [0.1, 0.15) is 17.8 Å². The van der Waals surface area contributed by atoms with Gasteiger partial charge in [-0.05, 0) is 43.5 Å². The second-order valence-electron chi connectivity index (χ2n) is 9.24. The fourth-order valence-corrected chi connectivity index (χ4v) is 4.49. The van der Waals surface area contributed by atoms with Gasteiger partial charge in [0.05, 0.1) is 11.6 Å². The Labute approximate surface area is 197 Å². The van der Waals surface area contributed by atoms with E-state index in [2.05, 4.69) is 44.6 Å². The van der Waals surface area contributed by atoms with Gasteiger partial charge in [-0.15, -0.1) is 0 Å². The van der Waals surface area contributed by atoms with Gasteiger partial charge in [-0.1, -0.05) is 41.9 Å². The van der Waals surface area contributed by atoms with E-state index in [1.807, 2.05) is 30.3 Å². The molecular formula is C25H25ClN6O. The van der Waals surface area contributed by atoms with E-state index in [0.29, 0.717) is 23.0 Å². The first kappa shape index (κ1) is 20.4. The number of hydrogen-bond donors (Lipinski definition) is 1. The Kier molecular flexibility index (Phi) is 4.78. The summed E-state index contributed by atoms with van der Waals surface area (Å²) >= 11 is 6.81. The summed E-state index contributed by atoms with van der Waals surface area (Å²) in [6.45, 7) is 4.40. The molecular weight excluding hydrogens is 436 g/mol. The van der Waals surface area contributed by atoms with E-state index in [0.717, 1.165) is 54.2 Å². The number of nitrogens with two attached hydrogens (primary N) is 1. The minimum absolute atomic E-state index is 0.165. The molecule has 8 heteroatoms. The van der Waals surface area contributed by atoms with E-state index in [4.69, 9.17) is 27.1 Å². The van der Waals surface area contributed by atoms with Crippen LogP contribution in [-0.2, 0) is 6.54 Å².